The van der Waals surface area contributed by atoms with Crippen LogP contribution < -0.4 is 5.73 Å². The van der Waals surface area contributed by atoms with Gasteiger partial charge < -0.3 is 15.0 Å². The Morgan fingerprint density at radius 2 is 1.95 bits per heavy atom. The van der Waals surface area contributed by atoms with Crippen molar-refractivity contribution >= 4 is 7.12 Å². The zero-order valence-corrected chi connectivity index (χ0v) is 13.0. The Morgan fingerprint density at radius 3 is 2.53 bits per heavy atom. The second-order valence-electron chi connectivity index (χ2n) is 8.13. The molecule has 3 nitrogen and oxygen atoms in total. The molecule has 0 amide bonds. The van der Waals surface area contributed by atoms with E-state index in [1.165, 1.54) is 6.42 Å². The summed E-state index contributed by atoms with van der Waals surface area (Å²) in [6, 6.07) is 0. The highest BCUT2D eigenvalue weighted by atomic mass is 16.7. The summed E-state index contributed by atoms with van der Waals surface area (Å²) in [6.07, 6.45) is 3.67. The zero-order valence-electron chi connectivity index (χ0n) is 13.0. The fourth-order valence-corrected chi connectivity index (χ4v) is 4.74. The van der Waals surface area contributed by atoms with Crippen molar-refractivity contribution < 1.29 is 9.31 Å². The van der Waals surface area contributed by atoms with Gasteiger partial charge in [-0.3, -0.25) is 0 Å². The third kappa shape index (κ3) is 1.90. The molecule has 0 aromatic rings. The first-order valence-corrected chi connectivity index (χ1v) is 7.84. The Morgan fingerprint density at radius 1 is 1.26 bits per heavy atom. The molecule has 4 fully saturated rings. The highest BCUT2D eigenvalue weighted by Gasteiger charge is 2.68. The maximum Gasteiger partial charge on any atom is 0.475 e. The third-order valence-electron chi connectivity index (χ3n) is 6.06. The Labute approximate surface area is 117 Å². The summed E-state index contributed by atoms with van der Waals surface area (Å²) in [5, 5.41) is 0. The number of rotatable bonds is 3. The lowest BCUT2D eigenvalue weighted by Gasteiger charge is -2.64. The van der Waals surface area contributed by atoms with Crippen LogP contribution in [-0.2, 0) is 9.31 Å². The van der Waals surface area contributed by atoms with Crippen molar-refractivity contribution in [1.29, 1.82) is 0 Å². The maximum atomic E-state index is 6.35. The van der Waals surface area contributed by atoms with Crippen molar-refractivity contribution in [3.05, 3.63) is 0 Å². The average Bonchev–Trinajstić information content (AvgIpc) is 2.64. The first-order valence-electron chi connectivity index (χ1n) is 7.84. The largest absolute Gasteiger partial charge is 0.475 e. The zero-order chi connectivity index (χ0) is 14.0. The standard InChI is InChI=1S/C15H28BNO2/c1-9(2)6-13(17)16-18-12-8-10-7-11(14(10,3)4)15(12,5)19-16/h9-13H,6-8,17H2,1-5H3/t10-,11-,12+,13+,15-/m1/s1. The molecule has 4 rings (SSSR count). The van der Waals surface area contributed by atoms with Gasteiger partial charge in [-0.05, 0) is 49.4 Å². The van der Waals surface area contributed by atoms with Crippen LogP contribution in [0.3, 0.4) is 0 Å². The van der Waals surface area contributed by atoms with E-state index in [0.29, 0.717) is 17.3 Å². The lowest BCUT2D eigenvalue weighted by molar-refractivity contribution is -0.199. The maximum absolute atomic E-state index is 6.35. The van der Waals surface area contributed by atoms with Crippen LogP contribution >= 0.6 is 0 Å². The molecular formula is C15H28BNO2. The van der Waals surface area contributed by atoms with Crippen molar-refractivity contribution in [3.63, 3.8) is 0 Å². The number of nitrogens with two attached hydrogens (primary N) is 1. The summed E-state index contributed by atoms with van der Waals surface area (Å²) in [5.74, 6) is 2.02. The number of hydrogen-bond donors (Lipinski definition) is 1. The normalized spacial score (nSPS) is 45.0. The van der Waals surface area contributed by atoms with Gasteiger partial charge in [0, 0.05) is 5.94 Å². The molecule has 4 heteroatoms. The molecule has 0 aromatic carbocycles. The van der Waals surface area contributed by atoms with Gasteiger partial charge in [-0.15, -0.1) is 0 Å². The minimum Gasteiger partial charge on any atom is -0.404 e. The van der Waals surface area contributed by atoms with E-state index in [9.17, 15) is 0 Å². The summed E-state index contributed by atoms with van der Waals surface area (Å²) in [4.78, 5) is 0. The molecular weight excluding hydrogens is 237 g/mol. The van der Waals surface area contributed by atoms with E-state index >= 15 is 0 Å². The van der Waals surface area contributed by atoms with Crippen LogP contribution in [0.2, 0.25) is 0 Å². The van der Waals surface area contributed by atoms with Crippen LogP contribution in [0.1, 0.15) is 53.9 Å². The topological polar surface area (TPSA) is 44.5 Å². The summed E-state index contributed by atoms with van der Waals surface area (Å²) in [5.41, 5.74) is 6.56. The van der Waals surface area contributed by atoms with E-state index in [1.807, 2.05) is 0 Å². The van der Waals surface area contributed by atoms with Gasteiger partial charge in [-0.2, -0.15) is 0 Å². The molecule has 1 saturated heterocycles. The van der Waals surface area contributed by atoms with Crippen molar-refractivity contribution in [1.82, 2.24) is 0 Å². The fourth-order valence-electron chi connectivity index (χ4n) is 4.74. The quantitative estimate of drug-likeness (QED) is 0.798. The Bertz CT molecular complexity index is 373. The highest BCUT2D eigenvalue weighted by molar-refractivity contribution is 6.47. The van der Waals surface area contributed by atoms with Gasteiger partial charge in [-0.25, -0.2) is 0 Å². The van der Waals surface area contributed by atoms with Gasteiger partial charge in [0.05, 0.1) is 11.7 Å². The molecule has 3 saturated carbocycles. The van der Waals surface area contributed by atoms with Gasteiger partial charge in [-0.1, -0.05) is 27.7 Å². The Balaban J connectivity index is 1.74. The molecule has 0 spiro atoms. The first-order chi connectivity index (χ1) is 8.75. The van der Waals surface area contributed by atoms with Crippen LogP contribution in [0.4, 0.5) is 0 Å². The monoisotopic (exact) mass is 265 g/mol. The van der Waals surface area contributed by atoms with Gasteiger partial charge in [0.15, 0.2) is 0 Å². The third-order valence-corrected chi connectivity index (χ3v) is 6.06. The summed E-state index contributed by atoms with van der Waals surface area (Å²) in [7, 11) is -0.201. The summed E-state index contributed by atoms with van der Waals surface area (Å²) < 4.78 is 12.5. The lowest BCUT2D eigenvalue weighted by Crippen LogP contribution is -2.65. The van der Waals surface area contributed by atoms with E-state index in [1.54, 1.807) is 0 Å². The predicted octanol–water partition coefficient (Wildman–Crippen LogP) is 2.63. The minimum absolute atomic E-state index is 0.00253. The van der Waals surface area contributed by atoms with Crippen LogP contribution in [0.5, 0.6) is 0 Å². The van der Waals surface area contributed by atoms with Crippen molar-refractivity contribution in [2.24, 2.45) is 28.9 Å². The molecule has 19 heavy (non-hydrogen) atoms. The molecule has 2 N–H and O–H groups in total. The molecule has 0 unspecified atom stereocenters. The predicted molar refractivity (Wildman–Crippen MR) is 77.5 cm³/mol. The lowest BCUT2D eigenvalue weighted by atomic mass is 9.43. The van der Waals surface area contributed by atoms with Crippen molar-refractivity contribution in [2.45, 2.75) is 71.5 Å². The SMILES string of the molecule is CC(C)C[C@H](N)B1O[C@H]2C[C@H]3C[C@H](C3(C)C)[C@@]2(C)O1. The molecule has 2 bridgehead atoms. The van der Waals surface area contributed by atoms with Crippen LogP contribution in [0.25, 0.3) is 0 Å². The van der Waals surface area contributed by atoms with E-state index < -0.39 is 0 Å². The molecule has 4 aliphatic rings. The second-order valence-corrected chi connectivity index (χ2v) is 8.13. The average molecular weight is 265 g/mol. The van der Waals surface area contributed by atoms with E-state index in [0.717, 1.165) is 18.8 Å². The molecule has 3 aliphatic carbocycles. The Kier molecular flexibility index (Phi) is 3.09. The van der Waals surface area contributed by atoms with E-state index in [-0.39, 0.29) is 24.8 Å². The van der Waals surface area contributed by atoms with Crippen molar-refractivity contribution in [3.8, 4) is 0 Å². The van der Waals surface area contributed by atoms with Crippen LogP contribution in [0.15, 0.2) is 0 Å². The molecule has 108 valence electrons. The first kappa shape index (κ1) is 13.9. The van der Waals surface area contributed by atoms with Crippen LogP contribution in [-0.4, -0.2) is 24.8 Å². The summed E-state index contributed by atoms with van der Waals surface area (Å²) >= 11 is 0. The van der Waals surface area contributed by atoms with Gasteiger partial charge in [0.1, 0.15) is 0 Å². The van der Waals surface area contributed by atoms with Gasteiger partial charge >= 0.3 is 7.12 Å². The molecule has 5 atom stereocenters. The molecule has 0 radical (unpaired) electrons. The van der Waals surface area contributed by atoms with Gasteiger partial charge in [0.25, 0.3) is 0 Å². The van der Waals surface area contributed by atoms with E-state index in [2.05, 4.69) is 34.6 Å². The smallest absolute Gasteiger partial charge is 0.404 e. The van der Waals surface area contributed by atoms with Gasteiger partial charge in [0.2, 0.25) is 0 Å². The van der Waals surface area contributed by atoms with Crippen molar-refractivity contribution in [2.75, 3.05) is 0 Å². The second kappa shape index (κ2) is 4.22. The highest BCUT2D eigenvalue weighted by Crippen LogP contribution is 2.65. The minimum atomic E-state index is -0.201. The number of hydrogen-bond acceptors (Lipinski definition) is 3. The molecule has 0 aromatic heterocycles. The summed E-state index contributed by atoms with van der Waals surface area (Å²) in [6.45, 7) is 11.4. The van der Waals surface area contributed by atoms with Crippen LogP contribution in [0, 0.1) is 23.2 Å². The fraction of sp³-hybridized carbons (Fsp3) is 1.00. The molecule has 1 aliphatic heterocycles. The molecule has 1 heterocycles. The Hall–Kier alpha value is -0.0551. The van der Waals surface area contributed by atoms with E-state index in [4.69, 9.17) is 15.0 Å².